The maximum atomic E-state index is 12.1. The van der Waals surface area contributed by atoms with Crippen molar-refractivity contribution < 1.29 is 4.79 Å². The molecule has 0 aromatic carbocycles. The quantitative estimate of drug-likeness (QED) is 0.498. The predicted molar refractivity (Wildman–Crippen MR) is 74.5 cm³/mol. The number of carbonyl (C=O) groups is 1. The van der Waals surface area contributed by atoms with Crippen LogP contribution in [0.25, 0.3) is 0 Å². The van der Waals surface area contributed by atoms with Crippen LogP contribution in [-0.4, -0.2) is 47.5 Å². The zero-order valence-corrected chi connectivity index (χ0v) is 11.8. The number of likely N-dealkylation sites (N-methyl/N-ethyl adjacent to an activating group) is 1. The third-order valence-corrected chi connectivity index (χ3v) is 2.72. The normalized spacial score (nSPS) is 12.6. The lowest BCUT2D eigenvalue weighted by Gasteiger charge is -2.25. The monoisotopic (exact) mass is 266 g/mol. The predicted octanol–water partition coefficient (Wildman–Crippen LogP) is 0.0782. The lowest BCUT2D eigenvalue weighted by Crippen LogP contribution is -2.45. The molecule has 1 atom stereocenters. The number of hydrazine groups is 1. The summed E-state index contributed by atoms with van der Waals surface area (Å²) in [6.45, 7) is 4.92. The van der Waals surface area contributed by atoms with E-state index in [1.165, 1.54) is 12.4 Å². The van der Waals surface area contributed by atoms with Crippen LogP contribution in [0.1, 0.15) is 24.3 Å². The van der Waals surface area contributed by atoms with E-state index in [2.05, 4.69) is 34.6 Å². The van der Waals surface area contributed by atoms with E-state index in [1.54, 1.807) is 0 Å². The highest BCUT2D eigenvalue weighted by Crippen LogP contribution is 2.05. The molecule has 1 heterocycles. The van der Waals surface area contributed by atoms with Gasteiger partial charge in [0.1, 0.15) is 5.69 Å². The molecule has 0 aliphatic carbocycles. The van der Waals surface area contributed by atoms with Crippen LogP contribution < -0.4 is 16.6 Å². The molecule has 0 saturated heterocycles. The molecule has 0 aliphatic heterocycles. The van der Waals surface area contributed by atoms with Crippen molar-refractivity contribution in [2.24, 2.45) is 11.8 Å². The minimum absolute atomic E-state index is 0.0663. The first-order chi connectivity index (χ1) is 8.93. The Morgan fingerprint density at radius 2 is 2.05 bits per heavy atom. The third kappa shape index (κ3) is 4.80. The standard InChI is InChI=1S/C12H22N6O/c1-8(2)10(7-18(3)4)16-12(19)9-5-15-11(17-13)6-14-9/h5-6,8,10H,7,13H2,1-4H3,(H,15,17)(H,16,19). The Labute approximate surface area is 113 Å². The zero-order valence-electron chi connectivity index (χ0n) is 11.8. The summed E-state index contributed by atoms with van der Waals surface area (Å²) >= 11 is 0. The molecule has 1 aromatic heterocycles. The molecule has 0 aliphatic rings. The van der Waals surface area contributed by atoms with E-state index in [-0.39, 0.29) is 17.6 Å². The molecule has 106 valence electrons. The molecule has 0 radical (unpaired) electrons. The van der Waals surface area contributed by atoms with Crippen molar-refractivity contribution in [1.29, 1.82) is 0 Å². The molecular formula is C12H22N6O. The number of hydrogen-bond donors (Lipinski definition) is 3. The van der Waals surface area contributed by atoms with Gasteiger partial charge in [-0.05, 0) is 20.0 Å². The van der Waals surface area contributed by atoms with Crippen LogP contribution in [0.2, 0.25) is 0 Å². The highest BCUT2D eigenvalue weighted by atomic mass is 16.2. The SMILES string of the molecule is CC(C)C(CN(C)C)NC(=O)c1cnc(NN)cn1. The van der Waals surface area contributed by atoms with E-state index in [4.69, 9.17) is 5.84 Å². The van der Waals surface area contributed by atoms with E-state index in [9.17, 15) is 4.79 Å². The number of nitrogens with zero attached hydrogens (tertiary/aromatic N) is 3. The molecule has 1 aromatic rings. The topological polar surface area (TPSA) is 96.2 Å². The third-order valence-electron chi connectivity index (χ3n) is 2.72. The first-order valence-corrected chi connectivity index (χ1v) is 6.18. The van der Waals surface area contributed by atoms with Crippen LogP contribution in [0, 0.1) is 5.92 Å². The van der Waals surface area contributed by atoms with Crippen LogP contribution in [0.5, 0.6) is 0 Å². The highest BCUT2D eigenvalue weighted by Gasteiger charge is 2.18. The Morgan fingerprint density at radius 1 is 1.37 bits per heavy atom. The number of nitrogen functional groups attached to an aromatic ring is 1. The fourth-order valence-corrected chi connectivity index (χ4v) is 1.58. The fourth-order valence-electron chi connectivity index (χ4n) is 1.58. The highest BCUT2D eigenvalue weighted by molar-refractivity contribution is 5.92. The number of rotatable bonds is 6. The van der Waals surface area contributed by atoms with Crippen molar-refractivity contribution in [3.8, 4) is 0 Å². The lowest BCUT2D eigenvalue weighted by atomic mass is 10.0. The Balaban J connectivity index is 2.70. The number of carbonyl (C=O) groups excluding carboxylic acids is 1. The van der Waals surface area contributed by atoms with Gasteiger partial charge in [0.2, 0.25) is 0 Å². The molecule has 0 saturated carbocycles. The summed E-state index contributed by atoms with van der Waals surface area (Å²) in [5.41, 5.74) is 2.65. The molecule has 4 N–H and O–H groups in total. The smallest absolute Gasteiger partial charge is 0.271 e. The van der Waals surface area contributed by atoms with E-state index >= 15 is 0 Å². The van der Waals surface area contributed by atoms with Gasteiger partial charge in [0.05, 0.1) is 12.4 Å². The van der Waals surface area contributed by atoms with E-state index < -0.39 is 0 Å². The van der Waals surface area contributed by atoms with Crippen LogP contribution in [0.4, 0.5) is 5.82 Å². The van der Waals surface area contributed by atoms with Gasteiger partial charge in [-0.3, -0.25) is 4.79 Å². The van der Waals surface area contributed by atoms with Crippen LogP contribution in [-0.2, 0) is 0 Å². The van der Waals surface area contributed by atoms with Gasteiger partial charge in [0.25, 0.3) is 5.91 Å². The molecular weight excluding hydrogens is 244 g/mol. The Kier molecular flexibility index (Phi) is 5.65. The van der Waals surface area contributed by atoms with Gasteiger partial charge in [-0.25, -0.2) is 15.8 Å². The van der Waals surface area contributed by atoms with Gasteiger partial charge >= 0.3 is 0 Å². The maximum Gasteiger partial charge on any atom is 0.271 e. The lowest BCUT2D eigenvalue weighted by molar-refractivity contribution is 0.0911. The second-order valence-electron chi connectivity index (χ2n) is 5.02. The van der Waals surface area contributed by atoms with Crippen molar-refractivity contribution >= 4 is 11.7 Å². The minimum atomic E-state index is -0.225. The molecule has 1 rings (SSSR count). The van der Waals surface area contributed by atoms with Crippen molar-refractivity contribution in [1.82, 2.24) is 20.2 Å². The summed E-state index contributed by atoms with van der Waals surface area (Å²) in [4.78, 5) is 22.1. The Morgan fingerprint density at radius 3 is 2.47 bits per heavy atom. The van der Waals surface area contributed by atoms with Crippen LogP contribution >= 0.6 is 0 Å². The summed E-state index contributed by atoms with van der Waals surface area (Å²) in [5.74, 6) is 5.73. The van der Waals surface area contributed by atoms with Gasteiger partial charge in [-0.1, -0.05) is 13.8 Å². The second kappa shape index (κ2) is 7.01. The second-order valence-corrected chi connectivity index (χ2v) is 5.02. The van der Waals surface area contributed by atoms with E-state index in [0.717, 1.165) is 6.54 Å². The van der Waals surface area contributed by atoms with Crippen molar-refractivity contribution in [3.63, 3.8) is 0 Å². The zero-order chi connectivity index (χ0) is 14.4. The van der Waals surface area contributed by atoms with E-state index in [0.29, 0.717) is 11.7 Å². The minimum Gasteiger partial charge on any atom is -0.346 e. The fraction of sp³-hybridized carbons (Fsp3) is 0.583. The Bertz CT molecular complexity index is 403. The van der Waals surface area contributed by atoms with Gasteiger partial charge in [-0.15, -0.1) is 0 Å². The summed E-state index contributed by atoms with van der Waals surface area (Å²) in [6.07, 6.45) is 2.82. The number of amides is 1. The molecule has 0 bridgehead atoms. The summed E-state index contributed by atoms with van der Waals surface area (Å²) in [5, 5.41) is 2.97. The number of hydrogen-bond acceptors (Lipinski definition) is 6. The van der Waals surface area contributed by atoms with E-state index in [1.807, 2.05) is 19.0 Å². The molecule has 7 heteroatoms. The van der Waals surface area contributed by atoms with Gasteiger partial charge in [0, 0.05) is 12.6 Å². The molecule has 1 amide bonds. The van der Waals surface area contributed by atoms with Gasteiger partial charge in [-0.2, -0.15) is 0 Å². The summed E-state index contributed by atoms with van der Waals surface area (Å²) in [7, 11) is 3.95. The summed E-state index contributed by atoms with van der Waals surface area (Å²) < 4.78 is 0. The number of aromatic nitrogens is 2. The summed E-state index contributed by atoms with van der Waals surface area (Å²) in [6, 6.07) is 0.0663. The van der Waals surface area contributed by atoms with Crippen LogP contribution in [0.3, 0.4) is 0 Å². The molecule has 1 unspecified atom stereocenters. The van der Waals surface area contributed by atoms with Crippen molar-refractivity contribution in [3.05, 3.63) is 18.1 Å². The molecule has 0 spiro atoms. The van der Waals surface area contributed by atoms with Crippen LogP contribution in [0.15, 0.2) is 12.4 Å². The molecule has 19 heavy (non-hydrogen) atoms. The average molecular weight is 266 g/mol. The average Bonchev–Trinajstić information content (AvgIpc) is 2.37. The Hall–Kier alpha value is -1.73. The number of nitrogens with two attached hydrogens (primary N) is 1. The maximum absolute atomic E-state index is 12.1. The van der Waals surface area contributed by atoms with Gasteiger partial charge < -0.3 is 15.6 Å². The first kappa shape index (κ1) is 15.3. The largest absolute Gasteiger partial charge is 0.346 e. The number of anilines is 1. The van der Waals surface area contributed by atoms with Gasteiger partial charge in [0.15, 0.2) is 5.82 Å². The van der Waals surface area contributed by atoms with Crippen molar-refractivity contribution in [2.45, 2.75) is 19.9 Å². The van der Waals surface area contributed by atoms with Crippen molar-refractivity contribution in [2.75, 3.05) is 26.1 Å². The molecule has 7 nitrogen and oxygen atoms in total. The number of nitrogens with one attached hydrogen (secondary N) is 2. The molecule has 0 fully saturated rings. The first-order valence-electron chi connectivity index (χ1n) is 6.18.